The minimum absolute atomic E-state index is 0.0422. The van der Waals surface area contributed by atoms with Crippen molar-refractivity contribution in [1.82, 2.24) is 9.80 Å². The van der Waals surface area contributed by atoms with Gasteiger partial charge in [0.2, 0.25) is 0 Å². The first-order chi connectivity index (χ1) is 14.9. The highest BCUT2D eigenvalue weighted by atomic mass is 16.3. The number of carbonyl (C=O) groups excluding carboxylic acids is 1. The van der Waals surface area contributed by atoms with Gasteiger partial charge >= 0.3 is 0 Å². The monoisotopic (exact) mass is 418 g/mol. The SMILES string of the molecule is C=C(N1CCN(C(=O)c2ccc(N(C)c3ccccc3N=CC)cc2)CC1)C1(O)CC1. The van der Waals surface area contributed by atoms with Gasteiger partial charge in [0.15, 0.2) is 0 Å². The maximum absolute atomic E-state index is 13.0. The molecule has 2 fully saturated rings. The Hall–Kier alpha value is -3.12. The Morgan fingerprint density at radius 1 is 1.06 bits per heavy atom. The van der Waals surface area contributed by atoms with Crippen LogP contribution in [0.4, 0.5) is 17.1 Å². The van der Waals surface area contributed by atoms with E-state index in [1.165, 1.54) is 0 Å². The average Bonchev–Trinajstić information content (AvgIpc) is 3.57. The first-order valence-electron chi connectivity index (χ1n) is 10.8. The van der Waals surface area contributed by atoms with Crippen molar-refractivity contribution in [3.8, 4) is 0 Å². The van der Waals surface area contributed by atoms with Crippen molar-refractivity contribution in [3.05, 3.63) is 66.4 Å². The fourth-order valence-electron chi connectivity index (χ4n) is 4.03. The van der Waals surface area contributed by atoms with Crippen LogP contribution in [0, 0.1) is 0 Å². The Bertz CT molecular complexity index is 987. The summed E-state index contributed by atoms with van der Waals surface area (Å²) in [5.74, 6) is 0.0422. The zero-order valence-corrected chi connectivity index (χ0v) is 18.3. The van der Waals surface area contributed by atoms with Crippen LogP contribution in [0.1, 0.15) is 30.1 Å². The topological polar surface area (TPSA) is 59.4 Å². The van der Waals surface area contributed by atoms with Crippen molar-refractivity contribution in [2.45, 2.75) is 25.4 Å². The van der Waals surface area contributed by atoms with E-state index in [0.717, 1.165) is 35.6 Å². The van der Waals surface area contributed by atoms with Gasteiger partial charge in [-0.3, -0.25) is 9.79 Å². The number of hydrogen-bond acceptors (Lipinski definition) is 5. The summed E-state index contributed by atoms with van der Waals surface area (Å²) >= 11 is 0. The number of aliphatic hydroxyl groups is 1. The van der Waals surface area contributed by atoms with Crippen molar-refractivity contribution in [2.24, 2.45) is 4.99 Å². The summed E-state index contributed by atoms with van der Waals surface area (Å²) < 4.78 is 0. The predicted octanol–water partition coefficient (Wildman–Crippen LogP) is 3.97. The number of para-hydroxylation sites is 2. The fraction of sp³-hybridized carbons (Fsp3) is 0.360. The second-order valence-corrected chi connectivity index (χ2v) is 8.24. The lowest BCUT2D eigenvalue weighted by atomic mass is 10.1. The van der Waals surface area contributed by atoms with Crippen LogP contribution in [0.5, 0.6) is 0 Å². The molecule has 6 heteroatoms. The van der Waals surface area contributed by atoms with Crippen LogP contribution in [0.3, 0.4) is 0 Å². The third kappa shape index (κ3) is 4.35. The van der Waals surface area contributed by atoms with E-state index < -0.39 is 5.60 Å². The van der Waals surface area contributed by atoms with E-state index in [-0.39, 0.29) is 5.91 Å². The highest BCUT2D eigenvalue weighted by Gasteiger charge is 2.45. The molecule has 1 amide bonds. The maximum atomic E-state index is 13.0. The molecule has 2 aromatic carbocycles. The number of piperazine rings is 1. The molecule has 1 N–H and O–H groups in total. The highest BCUT2D eigenvalue weighted by Crippen LogP contribution is 2.42. The first-order valence-corrected chi connectivity index (χ1v) is 10.8. The molecular formula is C25H30N4O2. The number of aliphatic imine (C=N–C) groups is 1. The van der Waals surface area contributed by atoms with Crippen molar-refractivity contribution in [2.75, 3.05) is 38.1 Å². The second-order valence-electron chi connectivity index (χ2n) is 8.24. The van der Waals surface area contributed by atoms with Crippen LogP contribution in [0.2, 0.25) is 0 Å². The summed E-state index contributed by atoms with van der Waals surface area (Å²) in [4.78, 5) is 23.5. The van der Waals surface area contributed by atoms with Gasteiger partial charge in [-0.2, -0.15) is 0 Å². The number of carbonyl (C=O) groups is 1. The van der Waals surface area contributed by atoms with Gasteiger partial charge in [-0.25, -0.2) is 0 Å². The Labute approximate surface area is 184 Å². The van der Waals surface area contributed by atoms with Crippen LogP contribution in [0.25, 0.3) is 0 Å². The standard InChI is InChI=1S/C25H30N4O2/c1-4-26-22-7-5-6-8-23(22)27(3)21-11-9-20(10-12-21)24(30)29-17-15-28(16-18-29)19(2)25(31)13-14-25/h4-12,31H,2,13-18H2,1,3H3. The van der Waals surface area contributed by atoms with Gasteiger partial charge in [0.1, 0.15) is 5.60 Å². The summed E-state index contributed by atoms with van der Waals surface area (Å²) in [6, 6.07) is 15.7. The summed E-state index contributed by atoms with van der Waals surface area (Å²) in [5.41, 5.74) is 3.70. The van der Waals surface area contributed by atoms with Crippen LogP contribution in [0.15, 0.2) is 65.8 Å². The quantitative estimate of drug-likeness (QED) is 0.721. The molecule has 1 saturated heterocycles. The van der Waals surface area contributed by atoms with Crippen molar-refractivity contribution < 1.29 is 9.90 Å². The van der Waals surface area contributed by atoms with Crippen LogP contribution in [-0.2, 0) is 0 Å². The zero-order valence-electron chi connectivity index (χ0n) is 18.3. The fourth-order valence-corrected chi connectivity index (χ4v) is 4.03. The number of hydrogen-bond donors (Lipinski definition) is 1. The third-order valence-electron chi connectivity index (χ3n) is 6.22. The summed E-state index contributed by atoms with van der Waals surface area (Å²) in [5, 5.41) is 10.3. The minimum Gasteiger partial charge on any atom is -0.384 e. The van der Waals surface area contributed by atoms with E-state index in [4.69, 9.17) is 0 Å². The molecule has 0 unspecified atom stereocenters. The van der Waals surface area contributed by atoms with Crippen molar-refractivity contribution >= 4 is 29.2 Å². The average molecular weight is 419 g/mol. The van der Waals surface area contributed by atoms with Gasteiger partial charge in [-0.15, -0.1) is 0 Å². The molecule has 31 heavy (non-hydrogen) atoms. The van der Waals surface area contributed by atoms with Crippen molar-refractivity contribution in [3.63, 3.8) is 0 Å². The molecule has 1 heterocycles. The molecule has 4 rings (SSSR count). The van der Waals surface area contributed by atoms with Crippen molar-refractivity contribution in [1.29, 1.82) is 0 Å². The van der Waals surface area contributed by atoms with E-state index >= 15 is 0 Å². The zero-order chi connectivity index (χ0) is 22.0. The molecule has 1 saturated carbocycles. The molecule has 0 bridgehead atoms. The lowest BCUT2D eigenvalue weighted by Crippen LogP contribution is -2.49. The van der Waals surface area contributed by atoms with Gasteiger partial charge in [0.25, 0.3) is 5.91 Å². The maximum Gasteiger partial charge on any atom is 0.253 e. The van der Waals surface area contributed by atoms with E-state index in [9.17, 15) is 9.90 Å². The van der Waals surface area contributed by atoms with Crippen LogP contribution < -0.4 is 4.90 Å². The molecule has 1 aliphatic heterocycles. The van der Waals surface area contributed by atoms with Crippen LogP contribution >= 0.6 is 0 Å². The molecule has 0 atom stereocenters. The summed E-state index contributed by atoms with van der Waals surface area (Å²) in [6.45, 7) is 8.67. The smallest absolute Gasteiger partial charge is 0.253 e. The normalized spacial score (nSPS) is 17.6. The molecule has 0 radical (unpaired) electrons. The van der Waals surface area contributed by atoms with Gasteiger partial charge in [-0.1, -0.05) is 18.7 Å². The molecular weight excluding hydrogens is 388 g/mol. The summed E-state index contributed by atoms with van der Waals surface area (Å²) in [6.07, 6.45) is 3.37. The molecule has 2 aromatic rings. The molecule has 162 valence electrons. The lowest BCUT2D eigenvalue weighted by Gasteiger charge is -2.38. The molecule has 1 aliphatic carbocycles. The second kappa shape index (κ2) is 8.55. The number of amides is 1. The lowest BCUT2D eigenvalue weighted by molar-refractivity contribution is 0.0622. The van der Waals surface area contributed by atoms with E-state index in [1.807, 2.05) is 67.4 Å². The third-order valence-corrected chi connectivity index (χ3v) is 6.22. The number of nitrogens with zero attached hydrogens (tertiary/aromatic N) is 4. The van der Waals surface area contributed by atoms with E-state index in [0.29, 0.717) is 31.7 Å². The Morgan fingerprint density at radius 3 is 2.29 bits per heavy atom. The number of benzene rings is 2. The van der Waals surface area contributed by atoms with Gasteiger partial charge in [0, 0.05) is 56.4 Å². The Kier molecular flexibility index (Phi) is 5.83. The largest absolute Gasteiger partial charge is 0.384 e. The molecule has 2 aliphatic rings. The van der Waals surface area contributed by atoms with Gasteiger partial charge in [-0.05, 0) is 56.2 Å². The van der Waals surface area contributed by atoms with E-state index in [2.05, 4.69) is 21.4 Å². The Morgan fingerprint density at radius 2 is 1.68 bits per heavy atom. The predicted molar refractivity (Wildman–Crippen MR) is 126 cm³/mol. The van der Waals surface area contributed by atoms with Crippen LogP contribution in [-0.4, -0.2) is 65.9 Å². The Balaban J connectivity index is 1.40. The highest BCUT2D eigenvalue weighted by molar-refractivity contribution is 5.95. The molecule has 6 nitrogen and oxygen atoms in total. The molecule has 0 spiro atoms. The number of anilines is 2. The van der Waals surface area contributed by atoms with Gasteiger partial charge in [0.05, 0.1) is 11.4 Å². The number of rotatable bonds is 6. The first kappa shape index (κ1) is 21.1. The van der Waals surface area contributed by atoms with Gasteiger partial charge < -0.3 is 19.8 Å². The summed E-state index contributed by atoms with van der Waals surface area (Å²) in [7, 11) is 2.00. The van der Waals surface area contributed by atoms with E-state index in [1.54, 1.807) is 6.21 Å². The molecule has 0 aromatic heterocycles. The minimum atomic E-state index is -0.699.